The number of nitrogens with zero attached hydrogens (tertiary/aromatic N) is 2. The van der Waals surface area contributed by atoms with Gasteiger partial charge in [-0.3, -0.25) is 19.0 Å². The molecule has 8 nitrogen and oxygen atoms in total. The number of benzene rings is 2. The van der Waals surface area contributed by atoms with Crippen LogP contribution in [-0.4, -0.2) is 40.2 Å². The minimum absolute atomic E-state index is 0.0731. The third-order valence-electron chi connectivity index (χ3n) is 4.90. The average Bonchev–Trinajstić information content (AvgIpc) is 2.76. The highest BCUT2D eigenvalue weighted by Gasteiger charge is 2.22. The molecule has 3 aromatic rings. The van der Waals surface area contributed by atoms with Gasteiger partial charge in [0.05, 0.1) is 24.6 Å². The zero-order chi connectivity index (χ0) is 24.2. The number of rotatable bonds is 7. The lowest BCUT2D eigenvalue weighted by atomic mass is 10.1. The number of esters is 1. The van der Waals surface area contributed by atoms with Gasteiger partial charge in [-0.1, -0.05) is 12.1 Å². The van der Waals surface area contributed by atoms with Gasteiger partial charge in [-0.15, -0.1) is 0 Å². The van der Waals surface area contributed by atoms with Crippen LogP contribution in [0.4, 0.5) is 0 Å². The van der Waals surface area contributed by atoms with E-state index in [4.69, 9.17) is 9.47 Å². The number of methoxy groups -OCH3 is 1. The van der Waals surface area contributed by atoms with E-state index in [1.807, 2.05) is 45.0 Å². The fourth-order valence-corrected chi connectivity index (χ4v) is 3.33. The van der Waals surface area contributed by atoms with Crippen molar-refractivity contribution in [2.75, 3.05) is 7.11 Å². The first-order chi connectivity index (χ1) is 15.6. The minimum atomic E-state index is -0.933. The van der Waals surface area contributed by atoms with Crippen molar-refractivity contribution in [2.24, 2.45) is 0 Å². The van der Waals surface area contributed by atoms with Crippen LogP contribution >= 0.6 is 0 Å². The molecule has 33 heavy (non-hydrogen) atoms. The molecular weight excluding hydrogens is 422 g/mol. The smallest absolute Gasteiger partial charge is 0.306 e. The number of nitrogens with one attached hydrogen (secondary N) is 1. The van der Waals surface area contributed by atoms with E-state index in [1.54, 1.807) is 35.9 Å². The van der Waals surface area contributed by atoms with E-state index in [1.165, 1.54) is 6.92 Å². The molecule has 1 N–H and O–H groups in total. The molecule has 8 heteroatoms. The normalized spacial score (nSPS) is 12.3. The maximum Gasteiger partial charge on any atom is 0.306 e. The Kier molecular flexibility index (Phi) is 7.16. The van der Waals surface area contributed by atoms with Crippen molar-refractivity contribution in [1.29, 1.82) is 0 Å². The minimum Gasteiger partial charge on any atom is -0.497 e. The molecule has 1 amide bonds. The lowest BCUT2D eigenvalue weighted by molar-refractivity contribution is -0.155. The lowest BCUT2D eigenvalue weighted by Crippen LogP contribution is -2.46. The van der Waals surface area contributed by atoms with Crippen LogP contribution in [0.15, 0.2) is 53.3 Å². The van der Waals surface area contributed by atoms with E-state index >= 15 is 0 Å². The highest BCUT2D eigenvalue weighted by Crippen LogP contribution is 2.19. The number of aryl methyl sites for hydroxylation is 1. The summed E-state index contributed by atoms with van der Waals surface area (Å²) in [6, 6.07) is 14.4. The van der Waals surface area contributed by atoms with Crippen molar-refractivity contribution < 1.29 is 19.1 Å². The molecule has 0 aliphatic rings. The first-order valence-electron chi connectivity index (χ1n) is 10.8. The average molecular weight is 452 g/mol. The van der Waals surface area contributed by atoms with E-state index in [9.17, 15) is 14.4 Å². The zero-order valence-electron chi connectivity index (χ0n) is 19.5. The standard InChI is InChI=1S/C25H29N3O5/c1-16(23(30)27-25(2,3)4)33-22(29)15-14-20-24(31)28(17-10-12-18(32-5)13-11-17)21-9-7-6-8-19(21)26-20/h6-13,16H,14-15H2,1-5H3,(H,27,30)/t16-/m0/s1. The molecule has 2 aromatic carbocycles. The SMILES string of the molecule is COc1ccc(-n2c(=O)c(CCC(=O)O[C@@H](C)C(=O)NC(C)(C)C)nc3ccccc32)cc1. The van der Waals surface area contributed by atoms with Crippen molar-refractivity contribution in [3.63, 3.8) is 0 Å². The fourth-order valence-electron chi connectivity index (χ4n) is 3.33. The summed E-state index contributed by atoms with van der Waals surface area (Å²) in [5.74, 6) is -0.267. The highest BCUT2D eigenvalue weighted by molar-refractivity contribution is 5.84. The quantitative estimate of drug-likeness (QED) is 0.554. The molecule has 1 aromatic heterocycles. The molecule has 0 aliphatic heterocycles. The number of aromatic nitrogens is 2. The number of hydrogen-bond donors (Lipinski definition) is 1. The van der Waals surface area contributed by atoms with Crippen LogP contribution in [0.3, 0.4) is 0 Å². The molecule has 1 atom stereocenters. The van der Waals surface area contributed by atoms with Crippen LogP contribution in [0, 0.1) is 0 Å². The van der Waals surface area contributed by atoms with E-state index in [0.717, 1.165) is 0 Å². The van der Waals surface area contributed by atoms with Gasteiger partial charge in [0.25, 0.3) is 11.5 Å². The first kappa shape index (κ1) is 24.0. The lowest BCUT2D eigenvalue weighted by Gasteiger charge is -2.23. The molecular formula is C25H29N3O5. The van der Waals surface area contributed by atoms with Gasteiger partial charge >= 0.3 is 5.97 Å². The Labute approximate surface area is 192 Å². The van der Waals surface area contributed by atoms with Crippen LogP contribution in [0.25, 0.3) is 16.7 Å². The summed E-state index contributed by atoms with van der Waals surface area (Å²) in [4.78, 5) is 42.3. The molecule has 0 fully saturated rings. The Hall–Kier alpha value is -3.68. The number of carbonyl (C=O) groups excluding carboxylic acids is 2. The van der Waals surface area contributed by atoms with Crippen molar-refractivity contribution in [2.45, 2.75) is 52.2 Å². The Morgan fingerprint density at radius 3 is 2.39 bits per heavy atom. The summed E-state index contributed by atoms with van der Waals surface area (Å²) >= 11 is 0. The van der Waals surface area contributed by atoms with Crippen LogP contribution in [0.1, 0.15) is 39.8 Å². The van der Waals surface area contributed by atoms with Gasteiger partial charge in [0.2, 0.25) is 0 Å². The molecule has 0 saturated carbocycles. The van der Waals surface area contributed by atoms with E-state index in [-0.39, 0.29) is 30.0 Å². The summed E-state index contributed by atoms with van der Waals surface area (Å²) in [6.07, 6.45) is -0.917. The Morgan fingerprint density at radius 1 is 1.09 bits per heavy atom. The Morgan fingerprint density at radius 2 is 1.76 bits per heavy atom. The summed E-state index contributed by atoms with van der Waals surface area (Å²) in [5.41, 5.74) is 1.45. The Balaban J connectivity index is 1.82. The maximum atomic E-state index is 13.3. The highest BCUT2D eigenvalue weighted by atomic mass is 16.5. The number of hydrogen-bond acceptors (Lipinski definition) is 6. The number of fused-ring (bicyclic) bond motifs is 1. The van der Waals surface area contributed by atoms with Crippen LogP contribution in [-0.2, 0) is 20.7 Å². The van der Waals surface area contributed by atoms with Crippen LogP contribution in [0.2, 0.25) is 0 Å². The second kappa shape index (κ2) is 9.85. The van der Waals surface area contributed by atoms with E-state index < -0.39 is 17.6 Å². The largest absolute Gasteiger partial charge is 0.497 e. The second-order valence-corrected chi connectivity index (χ2v) is 8.76. The molecule has 0 spiro atoms. The maximum absolute atomic E-state index is 13.3. The number of para-hydroxylation sites is 2. The number of amides is 1. The van der Waals surface area contributed by atoms with Crippen molar-refractivity contribution in [1.82, 2.24) is 14.9 Å². The van der Waals surface area contributed by atoms with Gasteiger partial charge < -0.3 is 14.8 Å². The molecule has 1 heterocycles. The summed E-state index contributed by atoms with van der Waals surface area (Å²) in [7, 11) is 1.58. The molecule has 3 rings (SSSR count). The predicted octanol–water partition coefficient (Wildman–Crippen LogP) is 3.17. The third kappa shape index (κ3) is 5.97. The summed E-state index contributed by atoms with van der Waals surface area (Å²) in [6.45, 7) is 7.06. The Bertz CT molecular complexity index is 1210. The van der Waals surface area contributed by atoms with Crippen molar-refractivity contribution in [3.8, 4) is 11.4 Å². The molecule has 0 saturated heterocycles. The van der Waals surface area contributed by atoms with Gasteiger partial charge in [0.15, 0.2) is 6.10 Å². The van der Waals surface area contributed by atoms with Crippen molar-refractivity contribution in [3.05, 3.63) is 64.6 Å². The third-order valence-corrected chi connectivity index (χ3v) is 4.90. The van der Waals surface area contributed by atoms with Gasteiger partial charge in [0, 0.05) is 17.6 Å². The predicted molar refractivity (Wildman–Crippen MR) is 126 cm³/mol. The number of ether oxygens (including phenoxy) is 2. The molecule has 0 bridgehead atoms. The second-order valence-electron chi connectivity index (χ2n) is 8.76. The van der Waals surface area contributed by atoms with E-state index in [0.29, 0.717) is 22.5 Å². The summed E-state index contributed by atoms with van der Waals surface area (Å²) in [5, 5.41) is 2.77. The van der Waals surface area contributed by atoms with E-state index in [2.05, 4.69) is 10.3 Å². The van der Waals surface area contributed by atoms with Gasteiger partial charge in [-0.2, -0.15) is 0 Å². The molecule has 174 valence electrons. The number of carbonyl (C=O) groups is 2. The summed E-state index contributed by atoms with van der Waals surface area (Å²) < 4.78 is 12.0. The molecule has 0 unspecified atom stereocenters. The molecule has 0 radical (unpaired) electrons. The first-order valence-corrected chi connectivity index (χ1v) is 10.8. The van der Waals surface area contributed by atoms with Crippen molar-refractivity contribution >= 4 is 22.9 Å². The monoisotopic (exact) mass is 451 g/mol. The van der Waals surface area contributed by atoms with Gasteiger partial charge in [-0.25, -0.2) is 4.98 Å². The molecule has 0 aliphatic carbocycles. The van der Waals surface area contributed by atoms with Crippen LogP contribution in [0.5, 0.6) is 5.75 Å². The van der Waals surface area contributed by atoms with Gasteiger partial charge in [-0.05, 0) is 64.1 Å². The zero-order valence-corrected chi connectivity index (χ0v) is 19.5. The van der Waals surface area contributed by atoms with Crippen LogP contribution < -0.4 is 15.6 Å². The van der Waals surface area contributed by atoms with Gasteiger partial charge in [0.1, 0.15) is 11.4 Å². The fraction of sp³-hybridized carbons (Fsp3) is 0.360. The topological polar surface area (TPSA) is 99.5 Å².